The number of likely N-dealkylation sites (N-methyl/N-ethyl adjacent to an activating group) is 1. The molecule has 2 heteroatoms. The van der Waals surface area contributed by atoms with E-state index in [9.17, 15) is 0 Å². The van der Waals surface area contributed by atoms with Gasteiger partial charge in [-0.3, -0.25) is 0 Å². The number of nitrogens with one attached hydrogen (secondary N) is 1. The molecular formula is C15H23NO. The standard InChI is InChI=1S/C15H23NO/c1-3-16-14(9-12-7-8-12)10-13-5-4-6-15(11-13)17-2/h4-6,11-12,14,16H,3,7-10H2,1-2H3. The minimum absolute atomic E-state index is 0.625. The van der Waals surface area contributed by atoms with Crippen molar-refractivity contribution in [2.45, 2.75) is 38.6 Å². The Morgan fingerprint density at radius 3 is 2.88 bits per heavy atom. The van der Waals surface area contributed by atoms with Crippen LogP contribution in [0.25, 0.3) is 0 Å². The second-order valence-electron chi connectivity index (χ2n) is 4.99. The Labute approximate surface area is 104 Å². The molecule has 0 aliphatic heterocycles. The molecule has 1 N–H and O–H groups in total. The van der Waals surface area contributed by atoms with E-state index in [0.717, 1.165) is 24.6 Å². The second kappa shape index (κ2) is 6.06. The number of ether oxygens (including phenoxy) is 1. The van der Waals surface area contributed by atoms with Gasteiger partial charge in [-0.05, 0) is 43.0 Å². The number of hydrogen-bond acceptors (Lipinski definition) is 2. The number of benzene rings is 1. The number of hydrogen-bond donors (Lipinski definition) is 1. The van der Waals surface area contributed by atoms with Crippen LogP contribution in [0.4, 0.5) is 0 Å². The average Bonchev–Trinajstić information content (AvgIpc) is 3.13. The highest BCUT2D eigenvalue weighted by molar-refractivity contribution is 5.29. The molecule has 0 spiro atoms. The largest absolute Gasteiger partial charge is 0.497 e. The van der Waals surface area contributed by atoms with Gasteiger partial charge in [0.05, 0.1) is 7.11 Å². The van der Waals surface area contributed by atoms with Crippen molar-refractivity contribution in [1.82, 2.24) is 5.32 Å². The quantitative estimate of drug-likeness (QED) is 0.781. The van der Waals surface area contributed by atoms with Gasteiger partial charge < -0.3 is 10.1 Å². The van der Waals surface area contributed by atoms with Crippen LogP contribution < -0.4 is 10.1 Å². The predicted molar refractivity (Wildman–Crippen MR) is 71.5 cm³/mol. The average molecular weight is 233 g/mol. The maximum Gasteiger partial charge on any atom is 0.119 e. The molecular weight excluding hydrogens is 210 g/mol. The van der Waals surface area contributed by atoms with Crippen LogP contribution in [0, 0.1) is 5.92 Å². The molecule has 1 aromatic carbocycles. The Kier molecular flexibility index (Phi) is 4.43. The van der Waals surface area contributed by atoms with Crippen LogP contribution in [0.1, 0.15) is 31.7 Å². The molecule has 1 saturated carbocycles. The van der Waals surface area contributed by atoms with E-state index in [0.29, 0.717) is 6.04 Å². The van der Waals surface area contributed by atoms with Gasteiger partial charge in [-0.25, -0.2) is 0 Å². The fraction of sp³-hybridized carbons (Fsp3) is 0.600. The fourth-order valence-electron chi connectivity index (χ4n) is 2.37. The lowest BCUT2D eigenvalue weighted by molar-refractivity contribution is 0.413. The molecule has 17 heavy (non-hydrogen) atoms. The van der Waals surface area contributed by atoms with Gasteiger partial charge in [-0.2, -0.15) is 0 Å². The summed E-state index contributed by atoms with van der Waals surface area (Å²) in [6, 6.07) is 9.05. The van der Waals surface area contributed by atoms with Gasteiger partial charge in [0.25, 0.3) is 0 Å². The molecule has 1 fully saturated rings. The number of rotatable bonds is 7. The van der Waals surface area contributed by atoms with Crippen LogP contribution in [-0.2, 0) is 6.42 Å². The molecule has 1 unspecified atom stereocenters. The van der Waals surface area contributed by atoms with Gasteiger partial charge in [-0.15, -0.1) is 0 Å². The summed E-state index contributed by atoms with van der Waals surface area (Å²) in [5.41, 5.74) is 1.37. The van der Waals surface area contributed by atoms with Gasteiger partial charge in [0.1, 0.15) is 5.75 Å². The summed E-state index contributed by atoms with van der Waals surface area (Å²) in [5.74, 6) is 1.94. The summed E-state index contributed by atoms with van der Waals surface area (Å²) in [5, 5.41) is 3.60. The molecule has 2 rings (SSSR count). The van der Waals surface area contributed by atoms with Crippen molar-refractivity contribution < 1.29 is 4.74 Å². The summed E-state index contributed by atoms with van der Waals surface area (Å²) in [6.07, 6.45) is 5.30. The Bertz CT molecular complexity index is 347. The third-order valence-corrected chi connectivity index (χ3v) is 3.42. The molecule has 1 aromatic rings. The van der Waals surface area contributed by atoms with Crippen molar-refractivity contribution in [1.29, 1.82) is 0 Å². The van der Waals surface area contributed by atoms with Crippen molar-refractivity contribution in [3.63, 3.8) is 0 Å². The van der Waals surface area contributed by atoms with Crippen LogP contribution in [0.2, 0.25) is 0 Å². The zero-order valence-corrected chi connectivity index (χ0v) is 10.9. The minimum atomic E-state index is 0.625. The van der Waals surface area contributed by atoms with Gasteiger partial charge in [0, 0.05) is 6.04 Å². The topological polar surface area (TPSA) is 21.3 Å². The van der Waals surface area contributed by atoms with E-state index < -0.39 is 0 Å². The molecule has 2 nitrogen and oxygen atoms in total. The van der Waals surface area contributed by atoms with E-state index in [4.69, 9.17) is 4.74 Å². The first-order valence-electron chi connectivity index (χ1n) is 6.68. The second-order valence-corrected chi connectivity index (χ2v) is 4.99. The molecule has 1 atom stereocenters. The Hall–Kier alpha value is -1.02. The maximum atomic E-state index is 5.27. The first-order valence-corrected chi connectivity index (χ1v) is 6.68. The summed E-state index contributed by atoms with van der Waals surface area (Å²) >= 11 is 0. The van der Waals surface area contributed by atoms with E-state index in [-0.39, 0.29) is 0 Å². The Morgan fingerprint density at radius 2 is 2.24 bits per heavy atom. The van der Waals surface area contributed by atoms with Crippen molar-refractivity contribution in [3.05, 3.63) is 29.8 Å². The zero-order valence-electron chi connectivity index (χ0n) is 10.9. The van der Waals surface area contributed by atoms with Crippen LogP contribution in [0.5, 0.6) is 5.75 Å². The van der Waals surface area contributed by atoms with E-state index in [1.807, 2.05) is 6.07 Å². The molecule has 0 heterocycles. The molecule has 94 valence electrons. The first kappa shape index (κ1) is 12.4. The van der Waals surface area contributed by atoms with Gasteiger partial charge in [0.15, 0.2) is 0 Å². The summed E-state index contributed by atoms with van der Waals surface area (Å²) in [4.78, 5) is 0. The Balaban J connectivity index is 1.94. The number of methoxy groups -OCH3 is 1. The van der Waals surface area contributed by atoms with Crippen molar-refractivity contribution in [2.24, 2.45) is 5.92 Å². The molecule has 1 aliphatic rings. The van der Waals surface area contributed by atoms with Crippen molar-refractivity contribution in [2.75, 3.05) is 13.7 Å². The van der Waals surface area contributed by atoms with Crippen molar-refractivity contribution >= 4 is 0 Å². The molecule has 0 bridgehead atoms. The van der Waals surface area contributed by atoms with Crippen LogP contribution in [-0.4, -0.2) is 19.7 Å². The molecule has 0 radical (unpaired) electrons. The lowest BCUT2D eigenvalue weighted by atomic mass is 10.0. The normalized spacial score (nSPS) is 16.8. The van der Waals surface area contributed by atoms with Crippen LogP contribution >= 0.6 is 0 Å². The molecule has 0 saturated heterocycles. The SMILES string of the molecule is CCNC(Cc1cccc(OC)c1)CC1CC1. The lowest BCUT2D eigenvalue weighted by Crippen LogP contribution is -2.31. The lowest BCUT2D eigenvalue weighted by Gasteiger charge is -2.18. The first-order chi connectivity index (χ1) is 8.31. The molecule has 0 amide bonds. The summed E-state index contributed by atoms with van der Waals surface area (Å²) in [7, 11) is 1.73. The third kappa shape index (κ3) is 4.04. The predicted octanol–water partition coefficient (Wildman–Crippen LogP) is 3.02. The highest BCUT2D eigenvalue weighted by Gasteiger charge is 2.25. The summed E-state index contributed by atoms with van der Waals surface area (Å²) < 4.78 is 5.27. The van der Waals surface area contributed by atoms with E-state index in [1.54, 1.807) is 7.11 Å². The zero-order chi connectivity index (χ0) is 12.1. The Morgan fingerprint density at radius 1 is 1.41 bits per heavy atom. The monoisotopic (exact) mass is 233 g/mol. The molecule has 0 aromatic heterocycles. The van der Waals surface area contributed by atoms with Crippen LogP contribution in [0.15, 0.2) is 24.3 Å². The van der Waals surface area contributed by atoms with Gasteiger partial charge in [0.2, 0.25) is 0 Å². The highest BCUT2D eigenvalue weighted by Crippen LogP contribution is 2.34. The van der Waals surface area contributed by atoms with Crippen LogP contribution in [0.3, 0.4) is 0 Å². The fourth-order valence-corrected chi connectivity index (χ4v) is 2.37. The van der Waals surface area contributed by atoms with E-state index in [1.165, 1.54) is 24.8 Å². The van der Waals surface area contributed by atoms with Gasteiger partial charge >= 0.3 is 0 Å². The van der Waals surface area contributed by atoms with Crippen molar-refractivity contribution in [3.8, 4) is 5.75 Å². The third-order valence-electron chi connectivity index (χ3n) is 3.42. The van der Waals surface area contributed by atoms with E-state index in [2.05, 4.69) is 30.4 Å². The van der Waals surface area contributed by atoms with Gasteiger partial charge in [-0.1, -0.05) is 31.9 Å². The molecule has 1 aliphatic carbocycles. The summed E-state index contributed by atoms with van der Waals surface area (Å²) in [6.45, 7) is 3.24. The smallest absolute Gasteiger partial charge is 0.119 e. The highest BCUT2D eigenvalue weighted by atomic mass is 16.5. The minimum Gasteiger partial charge on any atom is -0.497 e. The maximum absolute atomic E-state index is 5.27. The van der Waals surface area contributed by atoms with E-state index >= 15 is 0 Å².